The minimum absolute atomic E-state index is 0.00698. The highest BCUT2D eigenvalue weighted by molar-refractivity contribution is 6.00. The van der Waals surface area contributed by atoms with Crippen LogP contribution in [-0.4, -0.2) is 21.7 Å². The molecule has 0 spiro atoms. The molecule has 2 heterocycles. The van der Waals surface area contributed by atoms with E-state index in [1.165, 1.54) is 0 Å². The highest BCUT2D eigenvalue weighted by Gasteiger charge is 2.43. The first-order chi connectivity index (χ1) is 14.3. The Labute approximate surface area is 173 Å². The number of aryl methyl sites for hydroxylation is 2. The van der Waals surface area contributed by atoms with Crippen molar-refractivity contribution in [1.29, 1.82) is 5.26 Å². The van der Waals surface area contributed by atoms with Crippen LogP contribution in [0.5, 0.6) is 0 Å². The van der Waals surface area contributed by atoms with Crippen LogP contribution in [0.3, 0.4) is 0 Å². The van der Waals surface area contributed by atoms with Crippen LogP contribution in [0.15, 0.2) is 30.5 Å². The molecule has 3 aromatic rings. The molecule has 1 aromatic carbocycles. The van der Waals surface area contributed by atoms with Crippen LogP contribution in [0.4, 0.5) is 11.6 Å². The standard InChI is InChI=1S/C23H21N5O2/c1-11-4-12(2)17(8-16(11)13(3)29)20-6-14-7-21(26-10-19(14)22(25)27-20)28-23(30)18-5-15(18)9-24/h4,6-8,10,15,18H,5H2,1-3H3,(H2,25,27)(H,26,28,30)/t15-,18?/m1/s1. The van der Waals surface area contributed by atoms with E-state index in [0.717, 1.165) is 22.1 Å². The molecule has 1 amide bonds. The molecule has 2 aromatic heterocycles. The maximum Gasteiger partial charge on any atom is 0.230 e. The maximum absolute atomic E-state index is 12.2. The van der Waals surface area contributed by atoms with Crippen LogP contribution in [0.2, 0.25) is 0 Å². The fourth-order valence-corrected chi connectivity index (χ4v) is 3.73. The number of aromatic nitrogens is 2. The lowest BCUT2D eigenvalue weighted by Gasteiger charge is -2.13. The van der Waals surface area contributed by atoms with E-state index in [9.17, 15) is 9.59 Å². The summed E-state index contributed by atoms with van der Waals surface area (Å²) >= 11 is 0. The van der Waals surface area contributed by atoms with Gasteiger partial charge in [0.2, 0.25) is 5.91 Å². The number of nitrogen functional groups attached to an aromatic ring is 1. The number of hydrogen-bond donors (Lipinski definition) is 2. The van der Waals surface area contributed by atoms with E-state index in [1.807, 2.05) is 32.0 Å². The molecule has 4 rings (SSSR count). The summed E-state index contributed by atoms with van der Waals surface area (Å²) in [5.74, 6) is 0.0351. The molecule has 7 heteroatoms. The Hall–Kier alpha value is -3.79. The zero-order chi connectivity index (χ0) is 21.6. The van der Waals surface area contributed by atoms with E-state index in [1.54, 1.807) is 19.2 Å². The fraction of sp³-hybridized carbons (Fsp3) is 0.261. The van der Waals surface area contributed by atoms with E-state index in [-0.39, 0.29) is 23.5 Å². The molecule has 7 nitrogen and oxygen atoms in total. The number of pyridine rings is 2. The number of benzene rings is 1. The summed E-state index contributed by atoms with van der Waals surface area (Å²) in [6.45, 7) is 5.42. The summed E-state index contributed by atoms with van der Waals surface area (Å²) in [5, 5.41) is 13.1. The molecule has 30 heavy (non-hydrogen) atoms. The lowest BCUT2D eigenvalue weighted by Crippen LogP contribution is -2.15. The second kappa shape index (κ2) is 7.23. The number of fused-ring (bicyclic) bond motifs is 1. The fourth-order valence-electron chi connectivity index (χ4n) is 3.73. The van der Waals surface area contributed by atoms with Gasteiger partial charge in [-0.25, -0.2) is 9.97 Å². The summed E-state index contributed by atoms with van der Waals surface area (Å²) in [6, 6.07) is 9.54. The van der Waals surface area contributed by atoms with Crippen LogP contribution in [0.25, 0.3) is 22.0 Å². The second-order valence-electron chi connectivity index (χ2n) is 7.79. The molecule has 1 aliphatic rings. The highest BCUT2D eigenvalue weighted by atomic mass is 16.2. The average molecular weight is 399 g/mol. The molecule has 0 bridgehead atoms. The monoisotopic (exact) mass is 399 g/mol. The van der Waals surface area contributed by atoms with Crippen molar-refractivity contribution in [3.63, 3.8) is 0 Å². The Balaban J connectivity index is 1.74. The molecule has 1 fully saturated rings. The second-order valence-corrected chi connectivity index (χ2v) is 7.79. The Morgan fingerprint density at radius 2 is 1.97 bits per heavy atom. The molecule has 1 aliphatic carbocycles. The van der Waals surface area contributed by atoms with Crippen molar-refractivity contribution in [1.82, 2.24) is 9.97 Å². The van der Waals surface area contributed by atoms with Gasteiger partial charge in [-0.05, 0) is 61.9 Å². The zero-order valence-electron chi connectivity index (χ0n) is 17.0. The number of nitrogens with one attached hydrogen (secondary N) is 1. The van der Waals surface area contributed by atoms with E-state index in [0.29, 0.717) is 34.7 Å². The smallest absolute Gasteiger partial charge is 0.230 e. The van der Waals surface area contributed by atoms with Crippen molar-refractivity contribution in [2.45, 2.75) is 27.2 Å². The number of ketones is 1. The first kappa shape index (κ1) is 19.5. The largest absolute Gasteiger partial charge is 0.383 e. The van der Waals surface area contributed by atoms with Gasteiger partial charge in [0.25, 0.3) is 0 Å². The number of nitrogens with two attached hydrogens (primary N) is 1. The number of rotatable bonds is 4. The van der Waals surface area contributed by atoms with E-state index < -0.39 is 0 Å². The zero-order valence-corrected chi connectivity index (χ0v) is 17.0. The summed E-state index contributed by atoms with van der Waals surface area (Å²) in [4.78, 5) is 33.0. The van der Waals surface area contributed by atoms with Crippen molar-refractivity contribution in [2.75, 3.05) is 11.1 Å². The van der Waals surface area contributed by atoms with Gasteiger partial charge in [-0.15, -0.1) is 0 Å². The summed E-state index contributed by atoms with van der Waals surface area (Å²) in [7, 11) is 0. The van der Waals surface area contributed by atoms with Crippen molar-refractivity contribution in [3.8, 4) is 17.3 Å². The van der Waals surface area contributed by atoms with Crippen molar-refractivity contribution >= 4 is 34.1 Å². The average Bonchev–Trinajstić information content (AvgIpc) is 3.47. The quantitative estimate of drug-likeness (QED) is 0.644. The summed E-state index contributed by atoms with van der Waals surface area (Å²) in [5.41, 5.74) is 10.2. The van der Waals surface area contributed by atoms with Crippen molar-refractivity contribution in [3.05, 3.63) is 47.2 Å². The third-order valence-corrected chi connectivity index (χ3v) is 5.52. The number of hydrogen-bond acceptors (Lipinski definition) is 6. The molecular formula is C23H21N5O2. The molecular weight excluding hydrogens is 378 g/mol. The van der Waals surface area contributed by atoms with Gasteiger partial charge < -0.3 is 11.1 Å². The number of anilines is 2. The molecule has 2 atom stereocenters. The first-order valence-electron chi connectivity index (χ1n) is 9.67. The van der Waals surface area contributed by atoms with Crippen molar-refractivity contribution < 1.29 is 9.59 Å². The normalized spacial score (nSPS) is 17.4. The first-order valence-corrected chi connectivity index (χ1v) is 9.67. The molecule has 150 valence electrons. The number of nitrogens with zero attached hydrogens (tertiary/aromatic N) is 3. The van der Waals surface area contributed by atoms with Gasteiger partial charge in [-0.1, -0.05) is 6.07 Å². The Morgan fingerprint density at radius 3 is 2.63 bits per heavy atom. The maximum atomic E-state index is 12.2. The Kier molecular flexibility index (Phi) is 4.70. The van der Waals surface area contributed by atoms with E-state index >= 15 is 0 Å². The number of amides is 1. The summed E-state index contributed by atoms with van der Waals surface area (Å²) < 4.78 is 0. The third kappa shape index (κ3) is 3.48. The van der Waals surface area contributed by atoms with Crippen molar-refractivity contribution in [2.24, 2.45) is 11.8 Å². The van der Waals surface area contributed by atoms with Crippen LogP contribution >= 0.6 is 0 Å². The van der Waals surface area contributed by atoms with Gasteiger partial charge in [-0.3, -0.25) is 9.59 Å². The predicted molar refractivity (Wildman–Crippen MR) is 115 cm³/mol. The van der Waals surface area contributed by atoms with Crippen LogP contribution in [0, 0.1) is 37.0 Å². The molecule has 3 N–H and O–H groups in total. The van der Waals surface area contributed by atoms with E-state index in [2.05, 4.69) is 21.4 Å². The van der Waals surface area contributed by atoms with Crippen LogP contribution in [0.1, 0.15) is 34.8 Å². The number of nitriles is 1. The number of carbonyl (C=O) groups is 2. The molecule has 0 radical (unpaired) electrons. The topological polar surface area (TPSA) is 122 Å². The molecule has 1 unspecified atom stereocenters. The Morgan fingerprint density at radius 1 is 1.20 bits per heavy atom. The minimum atomic E-state index is -0.272. The van der Waals surface area contributed by atoms with Gasteiger partial charge in [0, 0.05) is 22.7 Å². The lowest BCUT2D eigenvalue weighted by molar-refractivity contribution is -0.117. The minimum Gasteiger partial charge on any atom is -0.383 e. The summed E-state index contributed by atoms with van der Waals surface area (Å²) in [6.07, 6.45) is 2.16. The lowest BCUT2D eigenvalue weighted by atomic mass is 9.95. The highest BCUT2D eigenvalue weighted by Crippen LogP contribution is 2.38. The van der Waals surface area contributed by atoms with Gasteiger partial charge in [0.1, 0.15) is 11.6 Å². The Bertz CT molecular complexity index is 1260. The molecule has 0 aliphatic heterocycles. The third-order valence-electron chi connectivity index (χ3n) is 5.52. The van der Waals surface area contributed by atoms with Gasteiger partial charge >= 0.3 is 0 Å². The molecule has 0 saturated heterocycles. The van der Waals surface area contributed by atoms with Crippen LogP contribution < -0.4 is 11.1 Å². The SMILES string of the molecule is CC(=O)c1cc(-c2cc3cc(NC(=O)C4C[C@@H]4C#N)ncc3c(N)n2)c(C)cc1C. The molecule has 1 saturated carbocycles. The van der Waals surface area contributed by atoms with E-state index in [4.69, 9.17) is 11.0 Å². The van der Waals surface area contributed by atoms with Gasteiger partial charge in [-0.2, -0.15) is 5.26 Å². The van der Waals surface area contributed by atoms with Crippen LogP contribution in [-0.2, 0) is 4.79 Å². The predicted octanol–water partition coefficient (Wildman–Crippen LogP) is 3.80. The number of carbonyl (C=O) groups excluding carboxylic acids is 2. The van der Waals surface area contributed by atoms with Gasteiger partial charge in [0.05, 0.1) is 23.6 Å². The number of Topliss-reactive ketones (excluding diaryl/α,β-unsaturated/α-hetero) is 1. The van der Waals surface area contributed by atoms with Gasteiger partial charge in [0.15, 0.2) is 5.78 Å².